The summed E-state index contributed by atoms with van der Waals surface area (Å²) < 4.78 is 5.38. The first-order valence-corrected chi connectivity index (χ1v) is 6.09. The Morgan fingerprint density at radius 2 is 1.93 bits per heavy atom. The van der Waals surface area contributed by atoms with Gasteiger partial charge in [-0.15, -0.1) is 0 Å². The van der Waals surface area contributed by atoms with Gasteiger partial charge < -0.3 is 4.74 Å². The SMILES string of the molecule is COC(C)C(NN)C1CCC(C)C(C)C1. The lowest BCUT2D eigenvalue weighted by Gasteiger charge is -2.38. The Morgan fingerprint density at radius 1 is 1.27 bits per heavy atom. The van der Waals surface area contributed by atoms with Crippen LogP contribution in [0.5, 0.6) is 0 Å². The van der Waals surface area contributed by atoms with Crippen LogP contribution in [0, 0.1) is 17.8 Å². The number of ether oxygens (including phenoxy) is 1. The van der Waals surface area contributed by atoms with Crippen molar-refractivity contribution in [2.24, 2.45) is 23.6 Å². The fourth-order valence-corrected chi connectivity index (χ4v) is 2.72. The summed E-state index contributed by atoms with van der Waals surface area (Å²) in [6.07, 6.45) is 4.05. The maximum atomic E-state index is 5.63. The van der Waals surface area contributed by atoms with Gasteiger partial charge in [0.2, 0.25) is 0 Å². The summed E-state index contributed by atoms with van der Waals surface area (Å²) in [6, 6.07) is 0.296. The van der Waals surface area contributed by atoms with E-state index in [0.29, 0.717) is 12.0 Å². The standard InChI is InChI=1S/C12H26N2O/c1-8-5-6-11(7-9(8)2)12(14-13)10(3)15-4/h8-12,14H,5-7,13H2,1-4H3. The molecule has 0 aromatic rings. The first-order valence-electron chi connectivity index (χ1n) is 6.09. The maximum Gasteiger partial charge on any atom is 0.0712 e. The molecule has 5 atom stereocenters. The van der Waals surface area contributed by atoms with E-state index in [2.05, 4.69) is 26.2 Å². The number of hydrogen-bond donors (Lipinski definition) is 2. The Labute approximate surface area is 93.7 Å². The second kappa shape index (κ2) is 5.83. The molecule has 1 rings (SSSR count). The van der Waals surface area contributed by atoms with Gasteiger partial charge in [-0.1, -0.05) is 20.3 Å². The molecular weight excluding hydrogens is 188 g/mol. The zero-order valence-corrected chi connectivity index (χ0v) is 10.5. The van der Waals surface area contributed by atoms with Crippen molar-refractivity contribution in [3.63, 3.8) is 0 Å². The topological polar surface area (TPSA) is 47.3 Å². The van der Waals surface area contributed by atoms with Crippen molar-refractivity contribution in [1.82, 2.24) is 5.43 Å². The molecular formula is C12H26N2O. The van der Waals surface area contributed by atoms with Crippen LogP contribution in [0.25, 0.3) is 0 Å². The molecule has 0 aliphatic heterocycles. The van der Waals surface area contributed by atoms with E-state index in [0.717, 1.165) is 11.8 Å². The average molecular weight is 214 g/mol. The molecule has 0 aromatic carbocycles. The van der Waals surface area contributed by atoms with E-state index in [1.165, 1.54) is 19.3 Å². The third-order valence-corrected chi connectivity index (χ3v) is 4.22. The van der Waals surface area contributed by atoms with Crippen LogP contribution < -0.4 is 11.3 Å². The van der Waals surface area contributed by atoms with Gasteiger partial charge in [-0.25, -0.2) is 0 Å². The molecule has 3 nitrogen and oxygen atoms in total. The highest BCUT2D eigenvalue weighted by molar-refractivity contribution is 4.85. The summed E-state index contributed by atoms with van der Waals surface area (Å²) in [5.41, 5.74) is 2.93. The van der Waals surface area contributed by atoms with E-state index < -0.39 is 0 Å². The summed E-state index contributed by atoms with van der Waals surface area (Å²) in [6.45, 7) is 6.79. The molecule has 0 radical (unpaired) electrons. The first kappa shape index (κ1) is 12.9. The van der Waals surface area contributed by atoms with Gasteiger partial charge >= 0.3 is 0 Å². The van der Waals surface area contributed by atoms with Gasteiger partial charge in [0.25, 0.3) is 0 Å². The maximum absolute atomic E-state index is 5.63. The number of rotatable bonds is 4. The predicted octanol–water partition coefficient (Wildman–Crippen LogP) is 1.93. The minimum absolute atomic E-state index is 0.195. The van der Waals surface area contributed by atoms with Crippen LogP contribution in [0.2, 0.25) is 0 Å². The summed E-state index contributed by atoms with van der Waals surface area (Å²) >= 11 is 0. The molecule has 3 N–H and O–H groups in total. The van der Waals surface area contributed by atoms with Crippen LogP contribution in [0.15, 0.2) is 0 Å². The van der Waals surface area contributed by atoms with Crippen molar-refractivity contribution in [2.45, 2.75) is 52.2 Å². The smallest absolute Gasteiger partial charge is 0.0712 e. The summed E-state index contributed by atoms with van der Waals surface area (Å²) in [5.74, 6) is 7.96. The Bertz CT molecular complexity index is 186. The first-order chi connectivity index (χ1) is 7.10. The molecule has 1 aliphatic carbocycles. The van der Waals surface area contributed by atoms with Crippen LogP contribution >= 0.6 is 0 Å². The van der Waals surface area contributed by atoms with Crippen molar-refractivity contribution < 1.29 is 4.74 Å². The van der Waals surface area contributed by atoms with Crippen LogP contribution in [-0.2, 0) is 4.74 Å². The molecule has 90 valence electrons. The van der Waals surface area contributed by atoms with Crippen LogP contribution in [0.4, 0.5) is 0 Å². The number of nitrogens with two attached hydrogens (primary N) is 1. The second-order valence-electron chi connectivity index (χ2n) is 5.16. The third kappa shape index (κ3) is 3.16. The van der Waals surface area contributed by atoms with E-state index in [1.54, 1.807) is 7.11 Å². The molecule has 0 heterocycles. The highest BCUT2D eigenvalue weighted by Crippen LogP contribution is 2.35. The molecule has 0 saturated heterocycles. The van der Waals surface area contributed by atoms with Crippen LogP contribution in [-0.4, -0.2) is 19.3 Å². The van der Waals surface area contributed by atoms with Crippen molar-refractivity contribution in [3.8, 4) is 0 Å². The monoisotopic (exact) mass is 214 g/mol. The summed E-state index contributed by atoms with van der Waals surface area (Å²) in [5, 5.41) is 0. The molecule has 0 aromatic heterocycles. The minimum Gasteiger partial charge on any atom is -0.380 e. The second-order valence-corrected chi connectivity index (χ2v) is 5.16. The summed E-state index contributed by atoms with van der Waals surface area (Å²) in [4.78, 5) is 0. The van der Waals surface area contributed by atoms with Crippen molar-refractivity contribution in [1.29, 1.82) is 0 Å². The Balaban J connectivity index is 2.54. The highest BCUT2D eigenvalue weighted by atomic mass is 16.5. The molecule has 1 fully saturated rings. The van der Waals surface area contributed by atoms with E-state index in [9.17, 15) is 0 Å². The van der Waals surface area contributed by atoms with E-state index in [4.69, 9.17) is 10.6 Å². The van der Waals surface area contributed by atoms with Crippen LogP contribution in [0.3, 0.4) is 0 Å². The van der Waals surface area contributed by atoms with Gasteiger partial charge in [0, 0.05) is 13.2 Å². The molecule has 15 heavy (non-hydrogen) atoms. The van der Waals surface area contributed by atoms with Gasteiger partial charge in [-0.05, 0) is 37.5 Å². The predicted molar refractivity (Wildman–Crippen MR) is 63.3 cm³/mol. The molecule has 5 unspecified atom stereocenters. The lowest BCUT2D eigenvalue weighted by atomic mass is 9.72. The molecule has 0 amide bonds. The largest absolute Gasteiger partial charge is 0.380 e. The number of nitrogens with one attached hydrogen (secondary N) is 1. The lowest BCUT2D eigenvalue weighted by molar-refractivity contribution is 0.0404. The fourth-order valence-electron chi connectivity index (χ4n) is 2.72. The zero-order chi connectivity index (χ0) is 11.4. The van der Waals surface area contributed by atoms with E-state index in [-0.39, 0.29) is 6.10 Å². The van der Waals surface area contributed by atoms with Gasteiger partial charge in [0.1, 0.15) is 0 Å². The van der Waals surface area contributed by atoms with Crippen molar-refractivity contribution in [3.05, 3.63) is 0 Å². The number of hydrazine groups is 1. The Morgan fingerprint density at radius 3 is 2.40 bits per heavy atom. The highest BCUT2D eigenvalue weighted by Gasteiger charge is 2.32. The molecule has 1 aliphatic rings. The third-order valence-electron chi connectivity index (χ3n) is 4.22. The van der Waals surface area contributed by atoms with Gasteiger partial charge in [-0.2, -0.15) is 0 Å². The quantitative estimate of drug-likeness (QED) is 0.555. The average Bonchev–Trinajstić information content (AvgIpc) is 2.24. The van der Waals surface area contributed by atoms with Crippen molar-refractivity contribution in [2.75, 3.05) is 7.11 Å². The summed E-state index contributed by atoms with van der Waals surface area (Å²) in [7, 11) is 1.75. The Kier molecular flexibility index (Phi) is 5.03. The van der Waals surface area contributed by atoms with Gasteiger partial charge in [0.05, 0.1) is 6.10 Å². The van der Waals surface area contributed by atoms with Gasteiger partial charge in [0.15, 0.2) is 0 Å². The lowest BCUT2D eigenvalue weighted by Crippen LogP contribution is -2.50. The van der Waals surface area contributed by atoms with Crippen molar-refractivity contribution >= 4 is 0 Å². The van der Waals surface area contributed by atoms with E-state index >= 15 is 0 Å². The molecule has 0 spiro atoms. The normalized spacial score (nSPS) is 36.2. The number of hydrogen-bond acceptors (Lipinski definition) is 3. The Hall–Kier alpha value is -0.120. The molecule has 0 bridgehead atoms. The van der Waals surface area contributed by atoms with E-state index in [1.807, 2.05) is 0 Å². The number of methoxy groups -OCH3 is 1. The molecule has 1 saturated carbocycles. The fraction of sp³-hybridized carbons (Fsp3) is 1.00. The van der Waals surface area contributed by atoms with Crippen LogP contribution in [0.1, 0.15) is 40.0 Å². The van der Waals surface area contributed by atoms with Gasteiger partial charge in [-0.3, -0.25) is 11.3 Å². The minimum atomic E-state index is 0.195. The zero-order valence-electron chi connectivity index (χ0n) is 10.5. The molecule has 3 heteroatoms.